The molecule has 38 heavy (non-hydrogen) atoms. The maximum absolute atomic E-state index is 12.7. The van der Waals surface area contributed by atoms with Crippen LogP contribution in [0.15, 0.2) is 41.3 Å². The molecule has 206 valence electrons. The van der Waals surface area contributed by atoms with Gasteiger partial charge < -0.3 is 31.3 Å². The molecule has 0 saturated carbocycles. The number of nitrogens with zero attached hydrogens (tertiary/aromatic N) is 5. The summed E-state index contributed by atoms with van der Waals surface area (Å²) in [7, 11) is 0. The number of rotatable bonds is 7. The highest BCUT2D eigenvalue weighted by Gasteiger charge is 2.27. The molecule has 4 rings (SSSR count). The monoisotopic (exact) mass is 526 g/mol. The minimum absolute atomic E-state index is 0.158. The molecule has 2 aliphatic rings. The predicted octanol–water partition coefficient (Wildman–Crippen LogP) is -0.416. The van der Waals surface area contributed by atoms with Gasteiger partial charge in [0.1, 0.15) is 11.9 Å². The third-order valence-electron chi connectivity index (χ3n) is 7.23. The van der Waals surface area contributed by atoms with Gasteiger partial charge in [0.05, 0.1) is 12.3 Å². The number of anilines is 1. The highest BCUT2D eigenvalue weighted by Crippen LogP contribution is 2.13. The summed E-state index contributed by atoms with van der Waals surface area (Å²) in [6, 6.07) is 8.40. The van der Waals surface area contributed by atoms with Crippen molar-refractivity contribution in [3.63, 3.8) is 0 Å². The van der Waals surface area contributed by atoms with Crippen molar-refractivity contribution >= 4 is 17.8 Å². The minimum atomic E-state index is -0.952. The average molecular weight is 527 g/mol. The fraction of sp³-hybridized carbons (Fsp3) is 0.538. The summed E-state index contributed by atoms with van der Waals surface area (Å²) in [5, 5.41) is 11.7. The molecule has 2 fully saturated rings. The van der Waals surface area contributed by atoms with Crippen LogP contribution in [0.1, 0.15) is 24.8 Å². The van der Waals surface area contributed by atoms with Crippen LogP contribution in [0.5, 0.6) is 0 Å². The van der Waals surface area contributed by atoms with Crippen molar-refractivity contribution in [2.75, 3.05) is 57.7 Å². The third-order valence-corrected chi connectivity index (χ3v) is 7.23. The van der Waals surface area contributed by atoms with Gasteiger partial charge in [-0.05, 0) is 62.5 Å². The van der Waals surface area contributed by atoms with E-state index in [1.165, 1.54) is 15.0 Å². The van der Waals surface area contributed by atoms with Crippen molar-refractivity contribution in [3.8, 4) is 5.69 Å². The molecule has 0 radical (unpaired) electrons. The van der Waals surface area contributed by atoms with Gasteiger partial charge in [0.25, 0.3) is 0 Å². The molecule has 6 N–H and O–H groups in total. The fourth-order valence-corrected chi connectivity index (χ4v) is 4.82. The molecule has 1 unspecified atom stereocenters. The van der Waals surface area contributed by atoms with Gasteiger partial charge in [-0.25, -0.2) is 9.59 Å². The van der Waals surface area contributed by atoms with Gasteiger partial charge in [-0.1, -0.05) is 12.1 Å². The molecule has 0 aliphatic carbocycles. The molecular formula is C26H38N8O4. The molecule has 3 amide bonds. The van der Waals surface area contributed by atoms with E-state index in [2.05, 4.69) is 15.2 Å². The van der Waals surface area contributed by atoms with Crippen LogP contribution in [0.25, 0.3) is 5.69 Å². The zero-order chi connectivity index (χ0) is 27.1. The standard InChI is InChI=1S/C26H38N8O4/c27-20-2-1-10-31(12-8-20)11-7-19-3-5-21(6-4-19)34-13-9-23(30-26(34)38)29-25(37)33-16-14-32(15-17-33)24(36)22(28)18-35/h3-6,9,13,20,22,35H,1-2,7-8,10-12,14-18,27-28H2,(H,29,30,37,38)/t20?,22-/m0/s1. The molecule has 12 nitrogen and oxygen atoms in total. The van der Waals surface area contributed by atoms with Crippen LogP contribution in [0.2, 0.25) is 0 Å². The van der Waals surface area contributed by atoms with E-state index in [4.69, 9.17) is 16.6 Å². The minimum Gasteiger partial charge on any atom is -0.394 e. The average Bonchev–Trinajstić information content (AvgIpc) is 3.15. The summed E-state index contributed by atoms with van der Waals surface area (Å²) in [5.74, 6) is -0.181. The number of hydrogen-bond acceptors (Lipinski definition) is 8. The van der Waals surface area contributed by atoms with Crippen molar-refractivity contribution in [2.24, 2.45) is 11.5 Å². The highest BCUT2D eigenvalue weighted by atomic mass is 16.3. The first-order chi connectivity index (χ1) is 18.3. The van der Waals surface area contributed by atoms with Crippen LogP contribution in [0, 0.1) is 0 Å². The Labute approximate surface area is 222 Å². The maximum Gasteiger partial charge on any atom is 0.354 e. The number of nitrogens with two attached hydrogens (primary N) is 2. The Morgan fingerprint density at radius 2 is 1.74 bits per heavy atom. The molecule has 0 spiro atoms. The van der Waals surface area contributed by atoms with E-state index < -0.39 is 24.4 Å². The third kappa shape index (κ3) is 7.16. The number of aliphatic hydroxyl groups is 1. The van der Waals surface area contributed by atoms with E-state index in [-0.39, 0.29) is 11.7 Å². The normalized spacial score (nSPS) is 19.6. The summed E-state index contributed by atoms with van der Waals surface area (Å²) in [4.78, 5) is 47.0. The first kappa shape index (κ1) is 27.7. The van der Waals surface area contributed by atoms with Crippen LogP contribution in [0.4, 0.5) is 10.6 Å². The zero-order valence-electron chi connectivity index (χ0n) is 21.7. The fourth-order valence-electron chi connectivity index (χ4n) is 4.82. The molecule has 2 aromatic rings. The van der Waals surface area contributed by atoms with E-state index in [0.717, 1.165) is 45.3 Å². The number of nitrogens with one attached hydrogen (secondary N) is 1. The largest absolute Gasteiger partial charge is 0.394 e. The van der Waals surface area contributed by atoms with Gasteiger partial charge in [0.15, 0.2) is 0 Å². The maximum atomic E-state index is 12.7. The van der Waals surface area contributed by atoms with E-state index in [9.17, 15) is 14.4 Å². The van der Waals surface area contributed by atoms with E-state index in [0.29, 0.717) is 37.9 Å². The van der Waals surface area contributed by atoms with Gasteiger partial charge >= 0.3 is 11.7 Å². The molecule has 1 aromatic heterocycles. The topological polar surface area (TPSA) is 163 Å². The number of carbonyl (C=O) groups excluding carboxylic acids is 2. The number of likely N-dealkylation sites (tertiary alicyclic amines) is 1. The Morgan fingerprint density at radius 1 is 1.03 bits per heavy atom. The lowest BCUT2D eigenvalue weighted by Gasteiger charge is -2.35. The molecule has 0 bridgehead atoms. The van der Waals surface area contributed by atoms with Crippen LogP contribution in [-0.4, -0.2) is 106 Å². The Kier molecular flexibility index (Phi) is 9.45. The molecule has 2 aliphatic heterocycles. The van der Waals surface area contributed by atoms with Gasteiger partial charge in [-0.3, -0.25) is 14.7 Å². The highest BCUT2D eigenvalue weighted by molar-refractivity contribution is 5.88. The van der Waals surface area contributed by atoms with E-state index in [1.54, 1.807) is 17.2 Å². The lowest BCUT2D eigenvalue weighted by Crippen LogP contribution is -2.55. The summed E-state index contributed by atoms with van der Waals surface area (Å²) >= 11 is 0. The number of piperazine rings is 1. The number of aromatic nitrogens is 2. The number of benzene rings is 1. The number of urea groups is 1. The molecule has 2 saturated heterocycles. The van der Waals surface area contributed by atoms with Crippen LogP contribution in [0.3, 0.4) is 0 Å². The van der Waals surface area contributed by atoms with Crippen molar-refractivity contribution in [3.05, 3.63) is 52.6 Å². The SMILES string of the molecule is NC1CCCN(CCc2ccc(-n3ccc(NC(=O)N4CCN(C(=O)[C@@H](N)CO)CC4)nc3=O)cc2)CC1. The first-order valence-electron chi connectivity index (χ1n) is 13.2. The quantitative estimate of drug-likeness (QED) is 0.378. The molecular weight excluding hydrogens is 488 g/mol. The van der Waals surface area contributed by atoms with Crippen molar-refractivity contribution in [1.29, 1.82) is 0 Å². The Morgan fingerprint density at radius 3 is 2.42 bits per heavy atom. The Bertz CT molecular complexity index is 1150. The Balaban J connectivity index is 1.29. The van der Waals surface area contributed by atoms with Crippen LogP contribution in [-0.2, 0) is 11.2 Å². The number of amides is 3. The first-order valence-corrected chi connectivity index (χ1v) is 13.2. The second-order valence-electron chi connectivity index (χ2n) is 9.95. The smallest absolute Gasteiger partial charge is 0.354 e. The van der Waals surface area contributed by atoms with Crippen LogP contribution >= 0.6 is 0 Å². The number of aliphatic hydroxyl groups excluding tert-OH is 1. The summed E-state index contributed by atoms with van der Waals surface area (Å²) in [5.41, 5.74) is 13.1. The lowest BCUT2D eigenvalue weighted by molar-refractivity contribution is -0.134. The van der Waals surface area contributed by atoms with Crippen molar-refractivity contribution < 1.29 is 14.7 Å². The second-order valence-corrected chi connectivity index (χ2v) is 9.95. The van der Waals surface area contributed by atoms with Gasteiger partial charge in [0.2, 0.25) is 5.91 Å². The van der Waals surface area contributed by atoms with Crippen molar-refractivity contribution in [1.82, 2.24) is 24.3 Å². The molecule has 3 heterocycles. The summed E-state index contributed by atoms with van der Waals surface area (Å²) in [6.07, 6.45) is 5.81. The second kappa shape index (κ2) is 13.0. The molecule has 2 atom stereocenters. The van der Waals surface area contributed by atoms with E-state index in [1.807, 2.05) is 24.3 Å². The molecule has 1 aromatic carbocycles. The van der Waals surface area contributed by atoms with E-state index >= 15 is 0 Å². The molecule has 12 heteroatoms. The number of hydrogen-bond donors (Lipinski definition) is 4. The number of carbonyl (C=O) groups is 2. The lowest BCUT2D eigenvalue weighted by atomic mass is 10.1. The predicted molar refractivity (Wildman–Crippen MR) is 144 cm³/mol. The summed E-state index contributed by atoms with van der Waals surface area (Å²) < 4.78 is 1.43. The van der Waals surface area contributed by atoms with Gasteiger partial charge in [-0.15, -0.1) is 0 Å². The zero-order valence-corrected chi connectivity index (χ0v) is 21.7. The Hall–Kier alpha value is -3.32. The van der Waals surface area contributed by atoms with Gasteiger partial charge in [-0.2, -0.15) is 4.98 Å². The van der Waals surface area contributed by atoms with Crippen molar-refractivity contribution in [2.45, 2.75) is 37.8 Å². The van der Waals surface area contributed by atoms with Crippen LogP contribution < -0.4 is 22.5 Å². The van der Waals surface area contributed by atoms with Gasteiger partial charge in [0, 0.05) is 45.0 Å². The summed E-state index contributed by atoms with van der Waals surface area (Å²) in [6.45, 7) is 3.95.